The lowest BCUT2D eigenvalue weighted by Gasteiger charge is -2.64. The van der Waals surface area contributed by atoms with Gasteiger partial charge in [-0.3, -0.25) is 4.79 Å². The van der Waals surface area contributed by atoms with Crippen LogP contribution in [0.2, 0.25) is 0 Å². The number of ether oxygens (including phenoxy) is 4. The van der Waals surface area contributed by atoms with Crippen LogP contribution in [0.15, 0.2) is 0 Å². The lowest BCUT2D eigenvalue weighted by atomic mass is 9.41. The first-order valence-electron chi connectivity index (χ1n) is 18.4. The second kappa shape index (κ2) is 10.8. The molecular formula is C37H61NO9. The molecule has 5 saturated carbocycles. The average molecular weight is 664 g/mol. The third kappa shape index (κ3) is 4.54. The molecule has 2 spiro atoms. The Hall–Kier alpha value is -0.850. The van der Waals surface area contributed by atoms with E-state index in [0.717, 1.165) is 32.1 Å². The minimum atomic E-state index is -1.28. The lowest BCUT2D eigenvalue weighted by Crippen LogP contribution is -2.62. The van der Waals surface area contributed by atoms with E-state index in [4.69, 9.17) is 24.7 Å². The van der Waals surface area contributed by atoms with Gasteiger partial charge >= 0.3 is 5.97 Å². The summed E-state index contributed by atoms with van der Waals surface area (Å²) in [7, 11) is 0. The van der Waals surface area contributed by atoms with Crippen LogP contribution >= 0.6 is 0 Å². The molecular weight excluding hydrogens is 602 g/mol. The molecule has 268 valence electrons. The Morgan fingerprint density at radius 2 is 1.64 bits per heavy atom. The van der Waals surface area contributed by atoms with Crippen molar-refractivity contribution in [2.24, 2.45) is 56.5 Å². The van der Waals surface area contributed by atoms with E-state index in [9.17, 15) is 25.2 Å². The first-order valence-corrected chi connectivity index (χ1v) is 18.4. The molecule has 47 heavy (non-hydrogen) atoms. The molecule has 0 aromatic rings. The summed E-state index contributed by atoms with van der Waals surface area (Å²) in [5.41, 5.74) is 6.42. The molecule has 6 N–H and O–H groups in total. The molecule has 17 unspecified atom stereocenters. The van der Waals surface area contributed by atoms with Crippen molar-refractivity contribution in [3.63, 3.8) is 0 Å². The van der Waals surface area contributed by atoms with Crippen LogP contribution in [0.1, 0.15) is 107 Å². The summed E-state index contributed by atoms with van der Waals surface area (Å²) in [4.78, 5) is 12.1. The van der Waals surface area contributed by atoms with Crippen molar-refractivity contribution < 1.29 is 44.2 Å². The van der Waals surface area contributed by atoms with Crippen molar-refractivity contribution in [2.75, 3.05) is 6.61 Å². The summed E-state index contributed by atoms with van der Waals surface area (Å²) < 4.78 is 24.8. The van der Waals surface area contributed by atoms with Gasteiger partial charge in [-0.2, -0.15) is 0 Å². The Balaban J connectivity index is 1.14. The standard InChI is InChI=1S/C37H61NO9/c1-18-15-21(30(33(5,6)43)45-19(2)39)46-28-25(18)34(7)13-14-37-17-36(37)12-11-24(47-31-27(42)26(41)20(40)16-44-31)32(3,4)22(36)9-10-23(37)35(34,8)29(28)38/h18,20-31,40-43H,9-17,38H2,1-8H3. The zero-order valence-electron chi connectivity index (χ0n) is 29.8. The maximum absolute atomic E-state index is 12.1. The van der Waals surface area contributed by atoms with Crippen LogP contribution in [-0.2, 0) is 23.7 Å². The maximum atomic E-state index is 12.1. The molecule has 10 heteroatoms. The number of aliphatic hydroxyl groups is 4. The Morgan fingerprint density at radius 1 is 0.979 bits per heavy atom. The predicted molar refractivity (Wildman–Crippen MR) is 173 cm³/mol. The summed E-state index contributed by atoms with van der Waals surface area (Å²) in [6, 6.07) is -0.168. The molecule has 0 bridgehead atoms. The fraction of sp³-hybridized carbons (Fsp3) is 0.973. The number of fused-ring (bicyclic) bond motifs is 4. The van der Waals surface area contributed by atoms with Crippen LogP contribution in [0.3, 0.4) is 0 Å². The summed E-state index contributed by atoms with van der Waals surface area (Å²) in [6.45, 7) is 16.6. The van der Waals surface area contributed by atoms with Crippen molar-refractivity contribution in [1.82, 2.24) is 0 Å². The SMILES string of the molecule is CC(=O)OC(C1CC(C)C2C(O1)C(N)C1(C)C3CCC4C(C)(C)C(OC5OCC(O)C(O)C5O)CCC45CC35CCC21C)C(C)(C)O. The van der Waals surface area contributed by atoms with Gasteiger partial charge in [0.25, 0.3) is 0 Å². The highest BCUT2D eigenvalue weighted by Crippen LogP contribution is 2.89. The molecule has 7 fully saturated rings. The normalized spacial score (nSPS) is 55.4. The van der Waals surface area contributed by atoms with Gasteiger partial charge in [-0.15, -0.1) is 0 Å². The van der Waals surface area contributed by atoms with Crippen LogP contribution in [0, 0.1) is 50.7 Å². The monoisotopic (exact) mass is 663 g/mol. The summed E-state index contributed by atoms with van der Waals surface area (Å²) in [5.74, 6) is 1.12. The lowest BCUT2D eigenvalue weighted by molar-refractivity contribution is -0.302. The fourth-order valence-corrected chi connectivity index (χ4v) is 13.8. The number of carbonyl (C=O) groups is 1. The zero-order valence-corrected chi connectivity index (χ0v) is 29.8. The summed E-state index contributed by atoms with van der Waals surface area (Å²) >= 11 is 0. The van der Waals surface area contributed by atoms with Crippen molar-refractivity contribution in [3.8, 4) is 0 Å². The van der Waals surface area contributed by atoms with E-state index in [1.807, 2.05) is 0 Å². The zero-order chi connectivity index (χ0) is 34.3. The number of esters is 1. The molecule has 2 aliphatic heterocycles. The van der Waals surface area contributed by atoms with Gasteiger partial charge in [0.05, 0.1) is 30.5 Å². The number of nitrogens with two attached hydrogens (primary N) is 1. The summed E-state index contributed by atoms with van der Waals surface area (Å²) in [5, 5.41) is 41.9. The van der Waals surface area contributed by atoms with Crippen molar-refractivity contribution in [3.05, 3.63) is 0 Å². The van der Waals surface area contributed by atoms with E-state index in [1.54, 1.807) is 13.8 Å². The topological polar surface area (TPSA) is 161 Å². The van der Waals surface area contributed by atoms with Gasteiger partial charge in [0.1, 0.15) is 18.3 Å². The van der Waals surface area contributed by atoms with Crippen molar-refractivity contribution >= 4 is 5.97 Å². The molecule has 10 nitrogen and oxygen atoms in total. The molecule has 2 saturated heterocycles. The highest BCUT2D eigenvalue weighted by Gasteiger charge is 2.84. The number of carbonyl (C=O) groups excluding carboxylic acids is 1. The molecule has 5 aliphatic carbocycles. The van der Waals surface area contributed by atoms with Crippen LogP contribution in [0.5, 0.6) is 0 Å². The Bertz CT molecular complexity index is 1250. The molecule has 2 heterocycles. The van der Waals surface area contributed by atoms with Gasteiger partial charge in [-0.05, 0) is 116 Å². The van der Waals surface area contributed by atoms with E-state index in [-0.39, 0.29) is 51.9 Å². The van der Waals surface area contributed by atoms with E-state index >= 15 is 0 Å². The molecule has 0 aromatic carbocycles. The number of rotatable bonds is 5. The van der Waals surface area contributed by atoms with Crippen LogP contribution < -0.4 is 5.73 Å². The third-order valence-corrected chi connectivity index (χ3v) is 16.0. The quantitative estimate of drug-likeness (QED) is 0.218. The van der Waals surface area contributed by atoms with Gasteiger partial charge < -0.3 is 45.1 Å². The van der Waals surface area contributed by atoms with Gasteiger partial charge in [0, 0.05) is 13.0 Å². The smallest absolute Gasteiger partial charge is 0.303 e. The highest BCUT2D eigenvalue weighted by atomic mass is 16.7. The first kappa shape index (κ1) is 34.6. The highest BCUT2D eigenvalue weighted by molar-refractivity contribution is 5.66. The largest absolute Gasteiger partial charge is 0.457 e. The molecule has 7 aliphatic rings. The van der Waals surface area contributed by atoms with Crippen LogP contribution in [0.4, 0.5) is 0 Å². The van der Waals surface area contributed by atoms with Crippen molar-refractivity contribution in [1.29, 1.82) is 0 Å². The van der Waals surface area contributed by atoms with Crippen LogP contribution in [-0.4, -0.2) is 93.7 Å². The van der Waals surface area contributed by atoms with Gasteiger partial charge in [0.2, 0.25) is 0 Å². The molecule has 0 amide bonds. The van der Waals surface area contributed by atoms with Gasteiger partial charge in [-0.1, -0.05) is 34.6 Å². The predicted octanol–water partition coefficient (Wildman–Crippen LogP) is 3.29. The number of hydrogen-bond donors (Lipinski definition) is 5. The number of hydrogen-bond acceptors (Lipinski definition) is 10. The minimum Gasteiger partial charge on any atom is -0.457 e. The van der Waals surface area contributed by atoms with Crippen LogP contribution in [0.25, 0.3) is 0 Å². The van der Waals surface area contributed by atoms with Gasteiger partial charge in [0.15, 0.2) is 12.4 Å². The van der Waals surface area contributed by atoms with Gasteiger partial charge in [-0.25, -0.2) is 0 Å². The second-order valence-corrected chi connectivity index (χ2v) is 18.7. The van der Waals surface area contributed by atoms with E-state index in [0.29, 0.717) is 30.1 Å². The second-order valence-electron chi connectivity index (χ2n) is 18.7. The molecule has 0 radical (unpaired) electrons. The molecule has 0 aromatic heterocycles. The average Bonchev–Trinajstić information content (AvgIpc) is 3.61. The maximum Gasteiger partial charge on any atom is 0.303 e. The molecule has 7 rings (SSSR count). The first-order chi connectivity index (χ1) is 21.8. The molecule has 17 atom stereocenters. The summed E-state index contributed by atoms with van der Waals surface area (Å²) in [6.07, 6.45) is 2.27. The van der Waals surface area contributed by atoms with E-state index < -0.39 is 48.4 Å². The van der Waals surface area contributed by atoms with E-state index in [1.165, 1.54) is 19.8 Å². The number of aliphatic hydroxyl groups excluding tert-OH is 3. The Morgan fingerprint density at radius 3 is 2.30 bits per heavy atom. The van der Waals surface area contributed by atoms with Crippen molar-refractivity contribution in [2.45, 2.75) is 167 Å². The fourth-order valence-electron chi connectivity index (χ4n) is 13.8. The van der Waals surface area contributed by atoms with E-state index in [2.05, 4.69) is 34.6 Å². The Labute approximate surface area is 280 Å². The Kier molecular flexibility index (Phi) is 7.97. The minimum absolute atomic E-state index is 0.00928. The third-order valence-electron chi connectivity index (χ3n) is 16.0.